The van der Waals surface area contributed by atoms with E-state index in [1.54, 1.807) is 24.7 Å². The molecule has 0 aliphatic carbocycles. The molecule has 0 bridgehead atoms. The summed E-state index contributed by atoms with van der Waals surface area (Å²) in [7, 11) is 2.07. The third-order valence-electron chi connectivity index (χ3n) is 6.31. The van der Waals surface area contributed by atoms with Crippen molar-refractivity contribution in [1.82, 2.24) is 4.90 Å². The lowest BCUT2D eigenvalue weighted by molar-refractivity contribution is 0.0971. The number of benzene rings is 2. The number of rotatable bonds is 1. The number of hydrogen-bond acceptors (Lipinski definition) is 3. The number of amides is 1. The van der Waals surface area contributed by atoms with Crippen LogP contribution < -0.4 is 4.90 Å². The first-order chi connectivity index (χ1) is 15.3. The molecule has 1 fully saturated rings. The normalized spacial score (nSPS) is 17.1. The molecule has 2 aromatic carbocycles. The maximum absolute atomic E-state index is 14.2. The molecular formula is C25H25ClF2N2O2. The summed E-state index contributed by atoms with van der Waals surface area (Å²) >= 11 is 6.22. The van der Waals surface area contributed by atoms with E-state index in [1.807, 2.05) is 19.1 Å². The van der Waals surface area contributed by atoms with Gasteiger partial charge >= 0.3 is 0 Å². The Morgan fingerprint density at radius 1 is 1.09 bits per heavy atom. The van der Waals surface area contributed by atoms with Gasteiger partial charge in [-0.05, 0) is 87.4 Å². The van der Waals surface area contributed by atoms with E-state index in [0.717, 1.165) is 43.6 Å². The van der Waals surface area contributed by atoms with Crippen LogP contribution in [0.4, 0.5) is 14.5 Å². The molecule has 1 saturated heterocycles. The van der Waals surface area contributed by atoms with Crippen molar-refractivity contribution in [3.05, 3.63) is 88.3 Å². The fraction of sp³-hybridized carbons (Fsp3) is 0.320. The maximum atomic E-state index is 14.2. The number of carbonyl (C=O) groups excluding carboxylic acids is 1. The SMILES string of the molecule is CN1CCC2(CC1)CN(C(=O)c1c(F)cccc1F)c1ccc(Cl)cc12.Cc1ccoc1. The maximum Gasteiger partial charge on any atom is 0.264 e. The monoisotopic (exact) mass is 458 g/mol. The fourth-order valence-electron chi connectivity index (χ4n) is 4.47. The number of hydrogen-bond donors (Lipinski definition) is 0. The van der Waals surface area contributed by atoms with Gasteiger partial charge in [-0.25, -0.2) is 8.78 Å². The minimum Gasteiger partial charge on any atom is -0.472 e. The number of piperidine rings is 1. The molecule has 5 rings (SSSR count). The van der Waals surface area contributed by atoms with E-state index in [-0.39, 0.29) is 5.41 Å². The minimum absolute atomic E-state index is 0.218. The molecule has 1 amide bonds. The molecule has 4 nitrogen and oxygen atoms in total. The van der Waals surface area contributed by atoms with Crippen LogP contribution in [-0.2, 0) is 5.41 Å². The number of fused-ring (bicyclic) bond motifs is 2. The van der Waals surface area contributed by atoms with Crippen molar-refractivity contribution in [3.8, 4) is 0 Å². The van der Waals surface area contributed by atoms with Crippen molar-refractivity contribution in [2.24, 2.45) is 0 Å². The number of anilines is 1. The Kier molecular flexibility index (Phi) is 6.35. The lowest BCUT2D eigenvalue weighted by Gasteiger charge is -2.38. The molecule has 2 aliphatic rings. The quantitative estimate of drug-likeness (QED) is 0.460. The molecule has 1 aromatic heterocycles. The average Bonchev–Trinajstić information content (AvgIpc) is 3.36. The molecular weight excluding hydrogens is 434 g/mol. The Morgan fingerprint density at radius 2 is 1.78 bits per heavy atom. The third-order valence-corrected chi connectivity index (χ3v) is 6.55. The predicted octanol–water partition coefficient (Wildman–Crippen LogP) is 5.83. The molecule has 3 aromatic rings. The number of carbonyl (C=O) groups is 1. The van der Waals surface area contributed by atoms with Gasteiger partial charge in [-0.1, -0.05) is 17.7 Å². The summed E-state index contributed by atoms with van der Waals surface area (Å²) < 4.78 is 33.0. The second-order valence-corrected chi connectivity index (χ2v) is 8.97. The Morgan fingerprint density at radius 3 is 2.34 bits per heavy atom. The van der Waals surface area contributed by atoms with Crippen LogP contribution in [-0.4, -0.2) is 37.5 Å². The van der Waals surface area contributed by atoms with E-state index >= 15 is 0 Å². The van der Waals surface area contributed by atoms with Crippen LogP contribution in [0.1, 0.15) is 34.3 Å². The summed E-state index contributed by atoms with van der Waals surface area (Å²) in [5.74, 6) is -2.32. The van der Waals surface area contributed by atoms with Crippen LogP contribution in [0.5, 0.6) is 0 Å². The molecule has 7 heteroatoms. The molecule has 32 heavy (non-hydrogen) atoms. The summed E-state index contributed by atoms with van der Waals surface area (Å²) in [6.45, 7) is 4.22. The van der Waals surface area contributed by atoms with Gasteiger partial charge in [0.05, 0.1) is 12.5 Å². The van der Waals surface area contributed by atoms with E-state index < -0.39 is 23.1 Å². The zero-order valence-electron chi connectivity index (χ0n) is 18.1. The molecule has 0 saturated carbocycles. The number of furan rings is 1. The molecule has 0 unspecified atom stereocenters. The second kappa shape index (κ2) is 9.04. The van der Waals surface area contributed by atoms with E-state index in [2.05, 4.69) is 11.9 Å². The lowest BCUT2D eigenvalue weighted by atomic mass is 9.74. The molecule has 3 heterocycles. The van der Waals surface area contributed by atoms with Gasteiger partial charge in [0.2, 0.25) is 0 Å². The lowest BCUT2D eigenvalue weighted by Crippen LogP contribution is -2.45. The molecule has 2 aliphatic heterocycles. The van der Waals surface area contributed by atoms with Crippen LogP contribution in [0.2, 0.25) is 5.02 Å². The van der Waals surface area contributed by atoms with Crippen molar-refractivity contribution in [3.63, 3.8) is 0 Å². The second-order valence-electron chi connectivity index (χ2n) is 8.53. The predicted molar refractivity (Wildman–Crippen MR) is 121 cm³/mol. The first kappa shape index (κ1) is 22.5. The highest BCUT2D eigenvalue weighted by Crippen LogP contribution is 2.48. The number of aryl methyl sites for hydroxylation is 1. The van der Waals surface area contributed by atoms with Gasteiger partial charge in [0.25, 0.3) is 5.91 Å². The molecule has 168 valence electrons. The van der Waals surface area contributed by atoms with Crippen molar-refractivity contribution < 1.29 is 18.0 Å². The average molecular weight is 459 g/mol. The van der Waals surface area contributed by atoms with Gasteiger partial charge in [0, 0.05) is 22.7 Å². The highest BCUT2D eigenvalue weighted by atomic mass is 35.5. The van der Waals surface area contributed by atoms with Gasteiger partial charge < -0.3 is 14.2 Å². The summed E-state index contributed by atoms with van der Waals surface area (Å²) in [4.78, 5) is 16.8. The first-order valence-corrected chi connectivity index (χ1v) is 10.9. The zero-order valence-corrected chi connectivity index (χ0v) is 18.8. The van der Waals surface area contributed by atoms with Gasteiger partial charge in [0.1, 0.15) is 17.2 Å². The van der Waals surface area contributed by atoms with Crippen LogP contribution in [0.15, 0.2) is 59.4 Å². The van der Waals surface area contributed by atoms with Crippen molar-refractivity contribution in [2.45, 2.75) is 25.2 Å². The molecule has 0 N–H and O–H groups in total. The molecule has 0 atom stereocenters. The van der Waals surface area contributed by atoms with Gasteiger partial charge in [-0.15, -0.1) is 0 Å². The Labute approximate surface area is 191 Å². The van der Waals surface area contributed by atoms with E-state index in [1.165, 1.54) is 16.5 Å². The Balaban J connectivity index is 0.000000354. The van der Waals surface area contributed by atoms with Crippen LogP contribution in [0.3, 0.4) is 0 Å². The minimum atomic E-state index is -0.838. The van der Waals surface area contributed by atoms with Gasteiger partial charge in [0.15, 0.2) is 0 Å². The zero-order chi connectivity index (χ0) is 22.9. The Bertz CT molecular complexity index is 1090. The van der Waals surface area contributed by atoms with E-state index in [9.17, 15) is 13.6 Å². The van der Waals surface area contributed by atoms with Crippen LogP contribution in [0.25, 0.3) is 0 Å². The molecule has 0 radical (unpaired) electrons. The van der Waals surface area contributed by atoms with Gasteiger partial charge in [-0.2, -0.15) is 0 Å². The topological polar surface area (TPSA) is 36.7 Å². The summed E-state index contributed by atoms with van der Waals surface area (Å²) in [5, 5.41) is 0.605. The summed E-state index contributed by atoms with van der Waals surface area (Å²) in [6, 6.07) is 10.8. The summed E-state index contributed by atoms with van der Waals surface area (Å²) in [5.41, 5.74) is 2.16. The number of likely N-dealkylation sites (tertiary alicyclic amines) is 1. The Hall–Kier alpha value is -2.70. The van der Waals surface area contributed by atoms with Gasteiger partial charge in [-0.3, -0.25) is 4.79 Å². The van der Waals surface area contributed by atoms with E-state index in [0.29, 0.717) is 17.3 Å². The standard InChI is InChI=1S/C20H19ClF2N2O.C5H6O/c1-24-9-7-20(8-10-24)12-25(17-6-5-13(21)11-14(17)20)19(26)18-15(22)3-2-4-16(18)23;1-5-2-3-6-4-5/h2-6,11H,7-10,12H2,1H3;2-4H,1H3. The van der Waals surface area contributed by atoms with E-state index in [4.69, 9.17) is 16.0 Å². The smallest absolute Gasteiger partial charge is 0.264 e. The number of nitrogens with zero attached hydrogens (tertiary/aromatic N) is 2. The van der Waals surface area contributed by atoms with Crippen molar-refractivity contribution in [1.29, 1.82) is 0 Å². The molecule has 1 spiro atoms. The highest BCUT2D eigenvalue weighted by Gasteiger charge is 2.46. The number of halogens is 3. The summed E-state index contributed by atoms with van der Waals surface area (Å²) in [6.07, 6.45) is 5.12. The van der Waals surface area contributed by atoms with Crippen molar-refractivity contribution >= 4 is 23.2 Å². The highest BCUT2D eigenvalue weighted by molar-refractivity contribution is 6.30. The van der Waals surface area contributed by atoms with Crippen LogP contribution in [0, 0.1) is 18.6 Å². The van der Waals surface area contributed by atoms with Crippen molar-refractivity contribution in [2.75, 3.05) is 31.6 Å². The van der Waals surface area contributed by atoms with Crippen LogP contribution >= 0.6 is 11.6 Å². The third kappa shape index (κ3) is 4.30. The fourth-order valence-corrected chi connectivity index (χ4v) is 4.64. The first-order valence-electron chi connectivity index (χ1n) is 10.5. The largest absolute Gasteiger partial charge is 0.472 e.